The molecule has 1 fully saturated rings. The molecule has 5 heteroatoms. The fourth-order valence-electron chi connectivity index (χ4n) is 2.00. The van der Waals surface area contributed by atoms with Gasteiger partial charge in [0, 0.05) is 38.6 Å². The predicted octanol–water partition coefficient (Wildman–Crippen LogP) is 1.11. The van der Waals surface area contributed by atoms with Crippen LogP contribution >= 0.6 is 0 Å². The fraction of sp³-hybridized carbons (Fsp3) is 0.538. The molecule has 0 aromatic carbocycles. The molecule has 0 atom stereocenters. The quantitative estimate of drug-likeness (QED) is 0.829. The highest BCUT2D eigenvalue weighted by atomic mass is 15.3. The Hall–Kier alpha value is -1.62. The van der Waals surface area contributed by atoms with Crippen molar-refractivity contribution < 1.29 is 0 Å². The van der Waals surface area contributed by atoms with E-state index in [0.29, 0.717) is 0 Å². The van der Waals surface area contributed by atoms with Crippen LogP contribution in [-0.2, 0) is 26.6 Å². The van der Waals surface area contributed by atoms with E-state index in [-0.39, 0.29) is 0 Å². The maximum Gasteiger partial charge on any atom is 0.0762 e. The number of nitrogens with one attached hydrogen (secondary N) is 1. The summed E-state index contributed by atoms with van der Waals surface area (Å²) in [6.07, 6.45) is 9.65. The van der Waals surface area contributed by atoms with Gasteiger partial charge in [-0.2, -0.15) is 10.2 Å². The Morgan fingerprint density at radius 2 is 2.33 bits per heavy atom. The zero-order chi connectivity index (χ0) is 12.4. The number of rotatable bonds is 6. The second-order valence-electron chi connectivity index (χ2n) is 5.00. The Kier molecular flexibility index (Phi) is 3.15. The molecule has 1 aliphatic rings. The van der Waals surface area contributed by atoms with Gasteiger partial charge in [0.15, 0.2) is 0 Å². The van der Waals surface area contributed by atoms with Crippen LogP contribution in [0.1, 0.15) is 24.1 Å². The third-order valence-electron chi connectivity index (χ3n) is 3.23. The van der Waals surface area contributed by atoms with Crippen LogP contribution in [0.5, 0.6) is 0 Å². The van der Waals surface area contributed by atoms with Crippen molar-refractivity contribution in [2.45, 2.75) is 38.4 Å². The number of nitrogens with zero attached hydrogens (tertiary/aromatic N) is 4. The lowest BCUT2D eigenvalue weighted by Crippen LogP contribution is -2.16. The first-order valence-corrected chi connectivity index (χ1v) is 6.53. The van der Waals surface area contributed by atoms with Crippen LogP contribution in [0, 0.1) is 0 Å². The van der Waals surface area contributed by atoms with Gasteiger partial charge in [0.05, 0.1) is 11.9 Å². The molecule has 0 spiro atoms. The zero-order valence-corrected chi connectivity index (χ0v) is 10.7. The van der Waals surface area contributed by atoms with E-state index in [1.807, 2.05) is 22.6 Å². The topological polar surface area (TPSA) is 47.7 Å². The molecule has 1 aliphatic carbocycles. The molecule has 0 radical (unpaired) electrons. The fourth-order valence-corrected chi connectivity index (χ4v) is 2.00. The van der Waals surface area contributed by atoms with E-state index in [2.05, 4.69) is 34.0 Å². The Morgan fingerprint density at radius 1 is 1.44 bits per heavy atom. The smallest absolute Gasteiger partial charge is 0.0762 e. The van der Waals surface area contributed by atoms with Crippen molar-refractivity contribution in [1.82, 2.24) is 24.9 Å². The van der Waals surface area contributed by atoms with E-state index in [9.17, 15) is 0 Å². The van der Waals surface area contributed by atoms with E-state index in [0.717, 1.165) is 31.2 Å². The van der Waals surface area contributed by atoms with Gasteiger partial charge in [0.25, 0.3) is 0 Å². The van der Waals surface area contributed by atoms with Crippen molar-refractivity contribution in [3.63, 3.8) is 0 Å². The molecule has 1 saturated carbocycles. The SMILES string of the molecule is Cn1cc(CCn2ccc(CNC3CC3)n2)cn1. The molecule has 0 saturated heterocycles. The van der Waals surface area contributed by atoms with E-state index in [4.69, 9.17) is 0 Å². The van der Waals surface area contributed by atoms with Crippen LogP contribution in [0.3, 0.4) is 0 Å². The highest BCUT2D eigenvalue weighted by Gasteiger charge is 2.20. The summed E-state index contributed by atoms with van der Waals surface area (Å²) in [4.78, 5) is 0. The molecular weight excluding hydrogens is 226 g/mol. The molecule has 0 amide bonds. The van der Waals surface area contributed by atoms with E-state index >= 15 is 0 Å². The maximum absolute atomic E-state index is 4.56. The van der Waals surface area contributed by atoms with Crippen molar-refractivity contribution >= 4 is 0 Å². The van der Waals surface area contributed by atoms with Crippen LogP contribution in [0.15, 0.2) is 24.7 Å². The molecular formula is C13H19N5. The Morgan fingerprint density at radius 3 is 3.06 bits per heavy atom. The van der Waals surface area contributed by atoms with Gasteiger partial charge < -0.3 is 5.32 Å². The zero-order valence-electron chi connectivity index (χ0n) is 10.7. The van der Waals surface area contributed by atoms with Crippen molar-refractivity contribution in [3.05, 3.63) is 35.9 Å². The van der Waals surface area contributed by atoms with Gasteiger partial charge in [0.2, 0.25) is 0 Å². The third-order valence-corrected chi connectivity index (χ3v) is 3.23. The van der Waals surface area contributed by atoms with Crippen LogP contribution in [0.4, 0.5) is 0 Å². The Labute approximate surface area is 107 Å². The second-order valence-corrected chi connectivity index (χ2v) is 5.00. The Balaban J connectivity index is 1.49. The minimum absolute atomic E-state index is 0.741. The van der Waals surface area contributed by atoms with Crippen molar-refractivity contribution in [1.29, 1.82) is 0 Å². The van der Waals surface area contributed by atoms with E-state index in [1.165, 1.54) is 18.4 Å². The molecule has 5 nitrogen and oxygen atoms in total. The summed E-state index contributed by atoms with van der Waals surface area (Å²) in [5.74, 6) is 0. The molecule has 0 bridgehead atoms. The number of aryl methyl sites for hydroxylation is 3. The third kappa shape index (κ3) is 2.98. The molecule has 1 N–H and O–H groups in total. The summed E-state index contributed by atoms with van der Waals surface area (Å²) in [5.41, 5.74) is 2.39. The van der Waals surface area contributed by atoms with Crippen molar-refractivity contribution in [3.8, 4) is 0 Å². The summed E-state index contributed by atoms with van der Waals surface area (Å²) >= 11 is 0. The average Bonchev–Trinajstić information content (AvgIpc) is 2.93. The van der Waals surface area contributed by atoms with Crippen LogP contribution in [-0.4, -0.2) is 25.6 Å². The largest absolute Gasteiger partial charge is 0.308 e. The molecule has 2 aromatic rings. The summed E-state index contributed by atoms with van der Waals surface area (Å²) in [6, 6.07) is 2.84. The Bertz CT molecular complexity index is 509. The van der Waals surface area contributed by atoms with Gasteiger partial charge in [0.1, 0.15) is 0 Å². The summed E-state index contributed by atoms with van der Waals surface area (Å²) in [6.45, 7) is 1.81. The van der Waals surface area contributed by atoms with E-state index < -0.39 is 0 Å². The van der Waals surface area contributed by atoms with Gasteiger partial charge in [-0.25, -0.2) is 0 Å². The standard InChI is InChI=1S/C13H19N5/c1-17-10-11(8-15-17)4-6-18-7-5-13(16-18)9-14-12-2-3-12/h5,7-8,10,12,14H,2-4,6,9H2,1H3. The van der Waals surface area contributed by atoms with Crippen molar-refractivity contribution in [2.24, 2.45) is 7.05 Å². The number of hydrogen-bond acceptors (Lipinski definition) is 3. The number of hydrogen-bond donors (Lipinski definition) is 1. The maximum atomic E-state index is 4.56. The molecule has 3 rings (SSSR count). The van der Waals surface area contributed by atoms with Gasteiger partial charge in [-0.3, -0.25) is 9.36 Å². The van der Waals surface area contributed by atoms with Gasteiger partial charge in [-0.15, -0.1) is 0 Å². The lowest BCUT2D eigenvalue weighted by atomic mass is 10.2. The van der Waals surface area contributed by atoms with Gasteiger partial charge >= 0.3 is 0 Å². The van der Waals surface area contributed by atoms with Gasteiger partial charge in [-0.1, -0.05) is 0 Å². The first kappa shape index (κ1) is 11.5. The number of aromatic nitrogens is 4. The lowest BCUT2D eigenvalue weighted by Gasteiger charge is -2.00. The molecule has 0 unspecified atom stereocenters. The molecule has 18 heavy (non-hydrogen) atoms. The summed E-state index contributed by atoms with van der Waals surface area (Å²) in [7, 11) is 1.94. The predicted molar refractivity (Wildman–Crippen MR) is 69.0 cm³/mol. The second kappa shape index (κ2) is 4.94. The molecule has 2 heterocycles. The first-order valence-electron chi connectivity index (χ1n) is 6.53. The monoisotopic (exact) mass is 245 g/mol. The summed E-state index contributed by atoms with van der Waals surface area (Å²) < 4.78 is 3.85. The lowest BCUT2D eigenvalue weighted by molar-refractivity contribution is 0.590. The van der Waals surface area contributed by atoms with Gasteiger partial charge in [-0.05, 0) is 30.9 Å². The normalized spacial score (nSPS) is 15.2. The van der Waals surface area contributed by atoms with Crippen LogP contribution < -0.4 is 5.32 Å². The minimum Gasteiger partial charge on any atom is -0.308 e. The highest BCUT2D eigenvalue weighted by Crippen LogP contribution is 2.18. The van der Waals surface area contributed by atoms with Crippen LogP contribution in [0.2, 0.25) is 0 Å². The first-order chi connectivity index (χ1) is 8.79. The van der Waals surface area contributed by atoms with Crippen LogP contribution in [0.25, 0.3) is 0 Å². The average molecular weight is 245 g/mol. The molecule has 96 valence electrons. The summed E-state index contributed by atoms with van der Waals surface area (Å²) in [5, 5.41) is 12.2. The highest BCUT2D eigenvalue weighted by molar-refractivity contribution is 5.04. The minimum atomic E-state index is 0.741. The molecule has 0 aliphatic heterocycles. The van der Waals surface area contributed by atoms with E-state index in [1.54, 1.807) is 0 Å². The van der Waals surface area contributed by atoms with Crippen molar-refractivity contribution in [2.75, 3.05) is 0 Å². The molecule has 2 aromatic heterocycles.